The van der Waals surface area contributed by atoms with Gasteiger partial charge in [0.1, 0.15) is 0 Å². The number of carbonyl (C=O) groups is 1. The predicted molar refractivity (Wildman–Crippen MR) is 74.9 cm³/mol. The summed E-state index contributed by atoms with van der Waals surface area (Å²) in [6.45, 7) is 1.93. The molecule has 92 valence electrons. The van der Waals surface area contributed by atoms with Crippen molar-refractivity contribution in [1.29, 1.82) is 0 Å². The van der Waals surface area contributed by atoms with E-state index in [1.807, 2.05) is 53.8 Å². The van der Waals surface area contributed by atoms with Crippen molar-refractivity contribution in [2.75, 3.05) is 7.11 Å². The van der Waals surface area contributed by atoms with Crippen LogP contribution in [0.3, 0.4) is 0 Å². The lowest BCUT2D eigenvalue weighted by molar-refractivity contribution is -0.136. The van der Waals surface area contributed by atoms with Gasteiger partial charge in [0.15, 0.2) is 0 Å². The summed E-state index contributed by atoms with van der Waals surface area (Å²) in [5, 5.41) is 10.1. The molecule has 0 heterocycles. The van der Waals surface area contributed by atoms with Gasteiger partial charge in [-0.15, -0.1) is 0 Å². The molecule has 0 amide bonds. The predicted octanol–water partition coefficient (Wildman–Crippen LogP) is 2.91. The Labute approximate surface area is 115 Å². The van der Waals surface area contributed by atoms with E-state index in [1.54, 1.807) is 4.08 Å². The van der Waals surface area contributed by atoms with Crippen LogP contribution in [0.25, 0.3) is 0 Å². The minimum Gasteiger partial charge on any atom is -0.466 e. The number of aliphatic hydroxyl groups excluding tert-OH is 1. The van der Waals surface area contributed by atoms with Crippen molar-refractivity contribution in [3.63, 3.8) is 0 Å². The molecular weight excluding hydrogens is 331 g/mol. The first-order valence-corrected chi connectivity index (χ1v) is 6.46. The molecule has 0 aromatic heterocycles. The van der Waals surface area contributed by atoms with Crippen LogP contribution in [0.15, 0.2) is 33.9 Å². The molecule has 0 radical (unpaired) electrons. The molecule has 1 rings (SSSR count). The largest absolute Gasteiger partial charge is 0.466 e. The van der Waals surface area contributed by atoms with Gasteiger partial charge in [0.2, 0.25) is 0 Å². The Bertz CT molecular complexity index is 426. The summed E-state index contributed by atoms with van der Waals surface area (Å²) < 4.78 is 6.29. The summed E-state index contributed by atoms with van der Waals surface area (Å²) >= 11 is 1.98. The Kier molecular flexibility index (Phi) is 5.64. The van der Waals surface area contributed by atoms with Gasteiger partial charge in [-0.3, -0.25) is 0 Å². The lowest BCUT2D eigenvalue weighted by atomic mass is 9.98. The molecule has 1 aromatic carbocycles. The van der Waals surface area contributed by atoms with Crippen LogP contribution in [0.5, 0.6) is 0 Å². The summed E-state index contributed by atoms with van der Waals surface area (Å²) in [4.78, 5) is 11.4. The third kappa shape index (κ3) is 3.81. The zero-order chi connectivity index (χ0) is 12.8. The number of aryl methyl sites for hydroxylation is 1. The highest BCUT2D eigenvalue weighted by Gasteiger charge is 2.17. The minimum atomic E-state index is -0.684. The highest BCUT2D eigenvalue weighted by Crippen LogP contribution is 2.24. The molecule has 0 bridgehead atoms. The second-order valence-electron chi connectivity index (χ2n) is 3.70. The highest BCUT2D eigenvalue weighted by atomic mass is 127. The average Bonchev–Trinajstić information content (AvgIpc) is 2.35. The van der Waals surface area contributed by atoms with E-state index in [4.69, 9.17) is 0 Å². The Hall–Kier alpha value is -0.880. The van der Waals surface area contributed by atoms with Gasteiger partial charge >= 0.3 is 5.97 Å². The zero-order valence-electron chi connectivity index (χ0n) is 9.81. The molecule has 1 unspecified atom stereocenters. The van der Waals surface area contributed by atoms with Gasteiger partial charge in [-0.1, -0.05) is 46.9 Å². The standard InChI is InChI=1S/C13H15IO3/c1-9-5-3-4-6-11(9)12(15)7-10(8-14)13(16)17-2/h3-6,8,12,15H,7H2,1-2H3/b10-8-. The van der Waals surface area contributed by atoms with E-state index in [9.17, 15) is 9.90 Å². The quantitative estimate of drug-likeness (QED) is 0.518. The van der Waals surface area contributed by atoms with Crippen molar-refractivity contribution < 1.29 is 14.6 Å². The molecule has 0 aliphatic heterocycles. The van der Waals surface area contributed by atoms with Gasteiger partial charge in [0.25, 0.3) is 0 Å². The van der Waals surface area contributed by atoms with Gasteiger partial charge < -0.3 is 9.84 Å². The van der Waals surface area contributed by atoms with E-state index in [2.05, 4.69) is 4.74 Å². The second-order valence-corrected chi connectivity index (χ2v) is 4.33. The Morgan fingerprint density at radius 1 is 1.53 bits per heavy atom. The molecule has 3 nitrogen and oxygen atoms in total. The normalized spacial score (nSPS) is 13.3. The van der Waals surface area contributed by atoms with Gasteiger partial charge in [0.05, 0.1) is 13.2 Å². The van der Waals surface area contributed by atoms with Crippen LogP contribution in [-0.2, 0) is 9.53 Å². The first-order chi connectivity index (χ1) is 8.10. The van der Waals surface area contributed by atoms with E-state index in [-0.39, 0.29) is 6.42 Å². The third-order valence-electron chi connectivity index (χ3n) is 2.54. The third-order valence-corrected chi connectivity index (χ3v) is 3.29. The molecule has 0 saturated heterocycles. The van der Waals surface area contributed by atoms with Gasteiger partial charge in [-0.05, 0) is 22.1 Å². The van der Waals surface area contributed by atoms with Crippen molar-refractivity contribution >= 4 is 28.6 Å². The molecule has 0 saturated carbocycles. The van der Waals surface area contributed by atoms with Gasteiger partial charge in [-0.2, -0.15) is 0 Å². The van der Waals surface area contributed by atoms with Crippen LogP contribution in [0.4, 0.5) is 0 Å². The SMILES string of the molecule is COC(=O)/C(=C\I)CC(O)c1ccccc1C. The molecule has 4 heteroatoms. The van der Waals surface area contributed by atoms with Crippen molar-refractivity contribution in [3.05, 3.63) is 45.0 Å². The fraction of sp³-hybridized carbons (Fsp3) is 0.308. The topological polar surface area (TPSA) is 46.5 Å². The van der Waals surface area contributed by atoms with Gasteiger partial charge in [-0.25, -0.2) is 4.79 Å². The molecule has 1 aromatic rings. The molecule has 0 spiro atoms. The maximum Gasteiger partial charge on any atom is 0.334 e. The number of rotatable bonds is 4. The Morgan fingerprint density at radius 3 is 2.71 bits per heavy atom. The van der Waals surface area contributed by atoms with E-state index in [0.717, 1.165) is 11.1 Å². The van der Waals surface area contributed by atoms with Crippen molar-refractivity contribution in [3.8, 4) is 0 Å². The van der Waals surface area contributed by atoms with Gasteiger partial charge in [0, 0.05) is 12.0 Å². The Balaban J connectivity index is 2.82. The number of aliphatic hydroxyl groups is 1. The second kappa shape index (κ2) is 6.76. The van der Waals surface area contributed by atoms with E-state index in [0.29, 0.717) is 5.57 Å². The van der Waals surface area contributed by atoms with E-state index >= 15 is 0 Å². The fourth-order valence-corrected chi connectivity index (χ4v) is 2.09. The summed E-state index contributed by atoms with van der Waals surface area (Å²) in [6.07, 6.45) is -0.420. The number of ether oxygens (including phenoxy) is 1. The van der Waals surface area contributed by atoms with Crippen molar-refractivity contribution in [2.24, 2.45) is 0 Å². The molecule has 1 N–H and O–H groups in total. The number of halogens is 1. The number of carbonyl (C=O) groups excluding carboxylic acids is 1. The highest BCUT2D eigenvalue weighted by molar-refractivity contribution is 14.1. The van der Waals surface area contributed by atoms with Crippen LogP contribution in [0.2, 0.25) is 0 Å². The van der Waals surface area contributed by atoms with Crippen molar-refractivity contribution in [2.45, 2.75) is 19.4 Å². The first-order valence-electron chi connectivity index (χ1n) is 5.21. The van der Waals surface area contributed by atoms with E-state index in [1.165, 1.54) is 7.11 Å². The van der Waals surface area contributed by atoms with Crippen LogP contribution in [0.1, 0.15) is 23.7 Å². The number of hydrogen-bond donors (Lipinski definition) is 1. The van der Waals surface area contributed by atoms with Crippen LogP contribution >= 0.6 is 22.6 Å². The molecule has 1 atom stereocenters. The summed E-state index contributed by atoms with van der Waals surface area (Å²) in [7, 11) is 1.34. The zero-order valence-corrected chi connectivity index (χ0v) is 12.0. The summed E-state index contributed by atoms with van der Waals surface area (Å²) in [5.74, 6) is -0.396. The van der Waals surface area contributed by atoms with Crippen LogP contribution < -0.4 is 0 Å². The average molecular weight is 346 g/mol. The summed E-state index contributed by atoms with van der Waals surface area (Å²) in [6, 6.07) is 7.59. The van der Waals surface area contributed by atoms with E-state index < -0.39 is 12.1 Å². The number of hydrogen-bond acceptors (Lipinski definition) is 3. The number of esters is 1. The lowest BCUT2D eigenvalue weighted by Crippen LogP contribution is -2.09. The van der Waals surface area contributed by atoms with Crippen LogP contribution in [0, 0.1) is 6.92 Å². The lowest BCUT2D eigenvalue weighted by Gasteiger charge is -2.14. The number of benzene rings is 1. The van der Waals surface area contributed by atoms with Crippen molar-refractivity contribution in [1.82, 2.24) is 0 Å². The summed E-state index contributed by atoms with van der Waals surface area (Å²) in [5.41, 5.74) is 2.33. The van der Waals surface area contributed by atoms with Crippen LogP contribution in [-0.4, -0.2) is 18.2 Å². The maximum absolute atomic E-state index is 11.4. The maximum atomic E-state index is 11.4. The molecule has 0 aliphatic carbocycles. The Morgan fingerprint density at radius 2 is 2.18 bits per heavy atom. The molecular formula is C13H15IO3. The first kappa shape index (κ1) is 14.2. The minimum absolute atomic E-state index is 0.264. The molecule has 17 heavy (non-hydrogen) atoms. The smallest absolute Gasteiger partial charge is 0.334 e. The molecule has 0 fully saturated rings. The molecule has 0 aliphatic rings. The fourth-order valence-electron chi connectivity index (χ4n) is 1.58. The number of methoxy groups -OCH3 is 1. The monoisotopic (exact) mass is 346 g/mol.